The highest BCUT2D eigenvalue weighted by atomic mass is 16.6. The van der Waals surface area contributed by atoms with Gasteiger partial charge in [0.15, 0.2) is 5.75 Å². The summed E-state index contributed by atoms with van der Waals surface area (Å²) in [6.45, 7) is 3.67. The molecule has 24 heavy (non-hydrogen) atoms. The summed E-state index contributed by atoms with van der Waals surface area (Å²) in [5.41, 5.74) is 0.974. The molecule has 2 aromatic carbocycles. The van der Waals surface area contributed by atoms with Crippen molar-refractivity contribution >= 4 is 11.7 Å². The second kappa shape index (κ2) is 8.10. The van der Waals surface area contributed by atoms with Crippen LogP contribution in [0.3, 0.4) is 0 Å². The lowest BCUT2D eigenvalue weighted by atomic mass is 10.1. The predicted octanol–water partition coefficient (Wildman–Crippen LogP) is 3.67. The predicted molar refractivity (Wildman–Crippen MR) is 88.8 cm³/mol. The van der Waals surface area contributed by atoms with Crippen molar-refractivity contribution in [3.63, 3.8) is 0 Å². The molecule has 0 aliphatic carbocycles. The highest BCUT2D eigenvalue weighted by Gasteiger charge is 2.23. The number of rotatable bonds is 7. The Morgan fingerprint density at radius 3 is 2.46 bits per heavy atom. The van der Waals surface area contributed by atoms with Crippen molar-refractivity contribution < 1.29 is 19.2 Å². The number of hydrogen-bond donors (Lipinski definition) is 0. The van der Waals surface area contributed by atoms with Gasteiger partial charge in [0.05, 0.1) is 17.4 Å². The molecule has 126 valence electrons. The largest absolute Gasteiger partial charge is 0.482 e. The lowest BCUT2D eigenvalue weighted by molar-refractivity contribution is -0.386. The number of nitrogens with zero attached hydrogens (tertiary/aromatic N) is 1. The van der Waals surface area contributed by atoms with E-state index in [0.29, 0.717) is 0 Å². The Bertz CT molecular complexity index is 713. The molecular formula is C18H19NO5. The number of carbonyl (C=O) groups is 1. The molecule has 0 N–H and O–H groups in total. The lowest BCUT2D eigenvalue weighted by Crippen LogP contribution is -2.14. The first kappa shape index (κ1) is 17.5. The van der Waals surface area contributed by atoms with E-state index in [-0.39, 0.29) is 36.1 Å². The molecule has 0 atom stereocenters. The number of nitro benzene ring substituents is 1. The third-order valence-corrected chi connectivity index (χ3v) is 3.20. The van der Waals surface area contributed by atoms with E-state index in [2.05, 4.69) is 0 Å². The van der Waals surface area contributed by atoms with Gasteiger partial charge < -0.3 is 9.47 Å². The van der Waals surface area contributed by atoms with Gasteiger partial charge in [0.25, 0.3) is 0 Å². The molecule has 0 saturated carbocycles. The standard InChI is InChI=1S/C18H19NO5/c1-13(2)24-17(20)11-15-9-6-10-16(18(15)19(21)22)23-12-14-7-4-3-5-8-14/h3-10,13H,11-12H2,1-2H3. The smallest absolute Gasteiger partial charge is 0.314 e. The van der Waals surface area contributed by atoms with E-state index >= 15 is 0 Å². The van der Waals surface area contributed by atoms with E-state index < -0.39 is 10.9 Å². The number of ether oxygens (including phenoxy) is 2. The zero-order valence-corrected chi connectivity index (χ0v) is 13.6. The maximum absolute atomic E-state index is 11.8. The zero-order chi connectivity index (χ0) is 17.5. The van der Waals surface area contributed by atoms with Gasteiger partial charge in [-0.15, -0.1) is 0 Å². The van der Waals surface area contributed by atoms with Crippen LogP contribution >= 0.6 is 0 Å². The van der Waals surface area contributed by atoms with Crippen molar-refractivity contribution in [2.75, 3.05) is 0 Å². The normalized spacial score (nSPS) is 10.5. The van der Waals surface area contributed by atoms with E-state index in [1.807, 2.05) is 30.3 Å². The number of benzene rings is 2. The molecule has 2 rings (SSSR count). The van der Waals surface area contributed by atoms with Crippen molar-refractivity contribution in [2.24, 2.45) is 0 Å². The quantitative estimate of drug-likeness (QED) is 0.440. The van der Waals surface area contributed by atoms with Crippen LogP contribution in [0, 0.1) is 10.1 Å². The fourth-order valence-electron chi connectivity index (χ4n) is 2.23. The monoisotopic (exact) mass is 329 g/mol. The van der Waals surface area contributed by atoms with Crippen LogP contribution in [0.15, 0.2) is 48.5 Å². The molecule has 0 aliphatic heterocycles. The SMILES string of the molecule is CC(C)OC(=O)Cc1cccc(OCc2ccccc2)c1[N+](=O)[O-]. The van der Waals surface area contributed by atoms with Gasteiger partial charge in [-0.1, -0.05) is 42.5 Å². The van der Waals surface area contributed by atoms with E-state index in [1.165, 1.54) is 12.1 Å². The van der Waals surface area contributed by atoms with Crippen molar-refractivity contribution in [1.82, 2.24) is 0 Å². The summed E-state index contributed by atoms with van der Waals surface area (Å²) < 4.78 is 10.6. The second-order valence-corrected chi connectivity index (χ2v) is 5.51. The molecule has 0 aromatic heterocycles. The first-order chi connectivity index (χ1) is 11.5. The molecule has 0 spiro atoms. The van der Waals surface area contributed by atoms with Gasteiger partial charge in [-0.2, -0.15) is 0 Å². The highest BCUT2D eigenvalue weighted by Crippen LogP contribution is 2.32. The van der Waals surface area contributed by atoms with Gasteiger partial charge in [-0.25, -0.2) is 0 Å². The highest BCUT2D eigenvalue weighted by molar-refractivity contribution is 5.75. The molecule has 0 radical (unpaired) electrons. The van der Waals surface area contributed by atoms with E-state index in [9.17, 15) is 14.9 Å². The van der Waals surface area contributed by atoms with Crippen LogP contribution in [0.5, 0.6) is 5.75 Å². The van der Waals surface area contributed by atoms with Gasteiger partial charge in [-0.05, 0) is 25.5 Å². The van der Waals surface area contributed by atoms with Gasteiger partial charge in [0, 0.05) is 5.56 Å². The Morgan fingerprint density at radius 1 is 1.12 bits per heavy atom. The Hall–Kier alpha value is -2.89. The Labute approximate surface area is 140 Å². The summed E-state index contributed by atoms with van der Waals surface area (Å²) in [5, 5.41) is 11.4. The number of esters is 1. The van der Waals surface area contributed by atoms with Crippen LogP contribution in [0.1, 0.15) is 25.0 Å². The fraction of sp³-hybridized carbons (Fsp3) is 0.278. The van der Waals surface area contributed by atoms with Crippen molar-refractivity contribution in [1.29, 1.82) is 0 Å². The van der Waals surface area contributed by atoms with Gasteiger partial charge in [0.2, 0.25) is 0 Å². The number of nitro groups is 1. The molecule has 0 saturated heterocycles. The number of carbonyl (C=O) groups excluding carboxylic acids is 1. The minimum Gasteiger partial charge on any atom is -0.482 e. The first-order valence-corrected chi connectivity index (χ1v) is 7.60. The molecule has 0 bridgehead atoms. The van der Waals surface area contributed by atoms with E-state index in [4.69, 9.17) is 9.47 Å². The summed E-state index contributed by atoms with van der Waals surface area (Å²) in [5.74, 6) is -0.369. The molecule has 0 fully saturated rings. The molecule has 0 heterocycles. The van der Waals surface area contributed by atoms with Crippen molar-refractivity contribution in [3.8, 4) is 5.75 Å². The Kier molecular flexibility index (Phi) is 5.89. The number of hydrogen-bond acceptors (Lipinski definition) is 5. The first-order valence-electron chi connectivity index (χ1n) is 7.60. The van der Waals surface area contributed by atoms with Crippen LogP contribution in [0.4, 0.5) is 5.69 Å². The van der Waals surface area contributed by atoms with Crippen LogP contribution < -0.4 is 4.74 Å². The minimum absolute atomic E-state index is 0.138. The molecular weight excluding hydrogens is 310 g/mol. The topological polar surface area (TPSA) is 78.7 Å². The van der Waals surface area contributed by atoms with Gasteiger partial charge in [0.1, 0.15) is 6.61 Å². The van der Waals surface area contributed by atoms with Gasteiger partial charge >= 0.3 is 11.7 Å². The van der Waals surface area contributed by atoms with Crippen molar-refractivity contribution in [3.05, 3.63) is 69.8 Å². The summed E-state index contributed by atoms with van der Waals surface area (Å²) >= 11 is 0. The summed E-state index contributed by atoms with van der Waals surface area (Å²) in [6, 6.07) is 14.0. The molecule has 6 nitrogen and oxygen atoms in total. The molecule has 2 aromatic rings. The van der Waals surface area contributed by atoms with Crippen LogP contribution in [-0.2, 0) is 22.6 Å². The average molecular weight is 329 g/mol. The summed E-state index contributed by atoms with van der Waals surface area (Å²) in [7, 11) is 0. The maximum atomic E-state index is 11.8. The van der Waals surface area contributed by atoms with E-state index in [0.717, 1.165) is 5.56 Å². The lowest BCUT2D eigenvalue weighted by Gasteiger charge is -2.11. The van der Waals surface area contributed by atoms with Crippen molar-refractivity contribution in [2.45, 2.75) is 33.0 Å². The van der Waals surface area contributed by atoms with Crippen LogP contribution in [0.25, 0.3) is 0 Å². The molecule has 6 heteroatoms. The third kappa shape index (κ3) is 4.81. The van der Waals surface area contributed by atoms with E-state index in [1.54, 1.807) is 19.9 Å². The summed E-state index contributed by atoms with van der Waals surface area (Å²) in [6.07, 6.45) is -0.439. The second-order valence-electron chi connectivity index (χ2n) is 5.51. The van der Waals surface area contributed by atoms with Crippen LogP contribution in [0.2, 0.25) is 0 Å². The number of para-hydroxylation sites is 1. The van der Waals surface area contributed by atoms with Gasteiger partial charge in [-0.3, -0.25) is 14.9 Å². The summed E-state index contributed by atoms with van der Waals surface area (Å²) in [4.78, 5) is 22.7. The fourth-order valence-corrected chi connectivity index (χ4v) is 2.23. The average Bonchev–Trinajstić information content (AvgIpc) is 2.52. The third-order valence-electron chi connectivity index (χ3n) is 3.20. The van der Waals surface area contributed by atoms with Crippen LogP contribution in [-0.4, -0.2) is 17.0 Å². The maximum Gasteiger partial charge on any atom is 0.314 e. The Balaban J connectivity index is 2.20. The minimum atomic E-state index is -0.529. The zero-order valence-electron chi connectivity index (χ0n) is 13.6. The molecule has 0 unspecified atom stereocenters. The molecule has 0 aliphatic rings. The molecule has 0 amide bonds. The Morgan fingerprint density at radius 2 is 1.83 bits per heavy atom.